The van der Waals surface area contributed by atoms with Gasteiger partial charge in [-0.3, -0.25) is 0 Å². The molecule has 1 aromatic carbocycles. The van der Waals surface area contributed by atoms with Crippen LogP contribution in [-0.2, 0) is 6.18 Å². The van der Waals surface area contributed by atoms with Gasteiger partial charge in [-0.1, -0.05) is 22.0 Å². The van der Waals surface area contributed by atoms with Crippen molar-refractivity contribution in [3.63, 3.8) is 0 Å². The van der Waals surface area contributed by atoms with Crippen LogP contribution in [0.25, 0.3) is 0 Å². The fraction of sp³-hybridized carbons (Fsp3) is 0.125. The van der Waals surface area contributed by atoms with E-state index in [0.717, 1.165) is 23.0 Å². The number of benzene rings is 1. The molecule has 2 aromatic heterocycles. The van der Waals surface area contributed by atoms with Crippen LogP contribution in [0.4, 0.5) is 13.2 Å². The van der Waals surface area contributed by atoms with E-state index in [2.05, 4.69) is 25.9 Å². The van der Waals surface area contributed by atoms with Crippen molar-refractivity contribution in [1.29, 1.82) is 0 Å². The van der Waals surface area contributed by atoms with Crippen molar-refractivity contribution < 1.29 is 13.2 Å². The summed E-state index contributed by atoms with van der Waals surface area (Å²) < 4.78 is 38.7. The summed E-state index contributed by atoms with van der Waals surface area (Å²) in [5.41, 5.74) is 1.92. The normalized spacial score (nSPS) is 12.0. The van der Waals surface area contributed by atoms with Gasteiger partial charge in [0, 0.05) is 28.3 Å². The van der Waals surface area contributed by atoms with Crippen LogP contribution in [0.2, 0.25) is 0 Å². The topological polar surface area (TPSA) is 31.6 Å². The Labute approximate surface area is 133 Å². The smallest absolute Gasteiger partial charge is 0.364 e. The maximum absolute atomic E-state index is 12.9. The highest BCUT2D eigenvalue weighted by atomic mass is 79.9. The zero-order valence-corrected chi connectivity index (χ0v) is 12.9. The molecule has 0 bridgehead atoms. The summed E-state index contributed by atoms with van der Waals surface area (Å²) in [4.78, 5) is 6.26. The molecule has 3 aromatic rings. The number of halogens is 4. The minimum atomic E-state index is -4.37. The summed E-state index contributed by atoms with van der Waals surface area (Å²) in [6, 6.07) is 11.7. The predicted octanol–water partition coefficient (Wildman–Crippen LogP) is 5.30. The number of alkyl halides is 3. The summed E-state index contributed by atoms with van der Waals surface area (Å²) in [6.45, 7) is 0. The average molecular weight is 369 g/mol. The molecule has 2 N–H and O–H groups in total. The van der Waals surface area contributed by atoms with Crippen LogP contribution < -0.4 is 0 Å². The Hall–Kier alpha value is -1.95. The molecule has 2 nitrogen and oxygen atoms in total. The number of rotatable bonds is 3. The van der Waals surface area contributed by atoms with Gasteiger partial charge in [0.1, 0.15) is 0 Å². The van der Waals surface area contributed by atoms with Gasteiger partial charge in [0.25, 0.3) is 0 Å². The number of hydrogen-bond donors (Lipinski definition) is 2. The lowest BCUT2D eigenvalue weighted by Gasteiger charge is -2.17. The second-order valence-electron chi connectivity index (χ2n) is 4.92. The van der Waals surface area contributed by atoms with Crippen molar-refractivity contribution in [2.75, 3.05) is 0 Å². The van der Waals surface area contributed by atoms with Crippen LogP contribution in [0.15, 0.2) is 59.3 Å². The van der Waals surface area contributed by atoms with Crippen LogP contribution in [0.1, 0.15) is 28.4 Å². The molecule has 22 heavy (non-hydrogen) atoms. The van der Waals surface area contributed by atoms with Crippen molar-refractivity contribution in [2.45, 2.75) is 12.1 Å². The van der Waals surface area contributed by atoms with E-state index in [9.17, 15) is 13.2 Å². The molecular weight excluding hydrogens is 357 g/mol. The Bertz CT molecular complexity index is 712. The third kappa shape index (κ3) is 2.83. The molecule has 114 valence electrons. The third-order valence-corrected chi connectivity index (χ3v) is 4.15. The molecule has 3 rings (SSSR count). The van der Waals surface area contributed by atoms with E-state index >= 15 is 0 Å². The van der Waals surface area contributed by atoms with E-state index in [1.165, 1.54) is 12.1 Å². The average Bonchev–Trinajstić information content (AvgIpc) is 3.11. The van der Waals surface area contributed by atoms with Crippen LogP contribution in [0.3, 0.4) is 0 Å². The SMILES string of the molecule is FC(F)(F)c1ccc(C(c2ccc[nH]2)c2ccc[nH]2)cc1Br. The Balaban J connectivity index is 2.08. The minimum absolute atomic E-state index is 0.0422. The molecule has 6 heteroatoms. The van der Waals surface area contributed by atoms with Crippen molar-refractivity contribution in [1.82, 2.24) is 9.97 Å². The van der Waals surface area contributed by atoms with Crippen molar-refractivity contribution in [3.05, 3.63) is 81.8 Å². The number of aromatic nitrogens is 2. The van der Waals surface area contributed by atoms with Crippen LogP contribution >= 0.6 is 15.9 Å². The molecule has 0 aliphatic rings. The molecule has 0 fully saturated rings. The molecule has 0 atom stereocenters. The molecule has 2 heterocycles. The minimum Gasteiger partial charge on any atom is -0.364 e. The zero-order chi connectivity index (χ0) is 15.7. The molecule has 0 aliphatic heterocycles. The highest BCUT2D eigenvalue weighted by molar-refractivity contribution is 9.10. The lowest BCUT2D eigenvalue weighted by Crippen LogP contribution is -2.09. The number of nitrogens with one attached hydrogen (secondary N) is 2. The maximum atomic E-state index is 12.9. The first-order valence-electron chi connectivity index (χ1n) is 6.60. The summed E-state index contributed by atoms with van der Waals surface area (Å²) in [6.07, 6.45) is -0.777. The first kappa shape index (κ1) is 15.0. The second-order valence-corrected chi connectivity index (χ2v) is 5.78. The number of hydrogen-bond acceptors (Lipinski definition) is 0. The predicted molar refractivity (Wildman–Crippen MR) is 81.7 cm³/mol. The fourth-order valence-corrected chi connectivity index (χ4v) is 3.14. The zero-order valence-electron chi connectivity index (χ0n) is 11.3. The third-order valence-electron chi connectivity index (χ3n) is 3.50. The molecule has 0 amide bonds. The Morgan fingerprint density at radius 3 is 1.91 bits per heavy atom. The molecule has 0 spiro atoms. The van der Waals surface area contributed by atoms with Gasteiger partial charge >= 0.3 is 6.18 Å². The molecule has 0 saturated heterocycles. The Morgan fingerprint density at radius 1 is 0.909 bits per heavy atom. The lowest BCUT2D eigenvalue weighted by molar-refractivity contribution is -0.138. The van der Waals surface area contributed by atoms with Crippen molar-refractivity contribution in [2.24, 2.45) is 0 Å². The van der Waals surface area contributed by atoms with E-state index in [0.29, 0.717) is 0 Å². The van der Waals surface area contributed by atoms with Crippen molar-refractivity contribution >= 4 is 15.9 Å². The molecule has 0 radical (unpaired) electrons. The van der Waals surface area contributed by atoms with Crippen LogP contribution in [0.5, 0.6) is 0 Å². The summed E-state index contributed by atoms with van der Waals surface area (Å²) in [5, 5.41) is 0. The standard InChI is InChI=1S/C16H12BrF3N2/c17-12-9-10(5-6-11(12)16(18,19)20)15(13-3-1-7-21-13)14-4-2-8-22-14/h1-9,15,21-22H. The van der Waals surface area contributed by atoms with E-state index in [-0.39, 0.29) is 10.4 Å². The Kier molecular flexibility index (Phi) is 3.87. The van der Waals surface area contributed by atoms with E-state index in [1.54, 1.807) is 12.4 Å². The van der Waals surface area contributed by atoms with Crippen molar-refractivity contribution in [3.8, 4) is 0 Å². The monoisotopic (exact) mass is 368 g/mol. The first-order chi connectivity index (χ1) is 10.5. The highest BCUT2D eigenvalue weighted by Gasteiger charge is 2.33. The summed E-state index contributed by atoms with van der Waals surface area (Å²) in [7, 11) is 0. The van der Waals surface area contributed by atoms with E-state index < -0.39 is 11.7 Å². The van der Waals surface area contributed by atoms with Gasteiger partial charge in [-0.25, -0.2) is 0 Å². The lowest BCUT2D eigenvalue weighted by atomic mass is 9.92. The quantitative estimate of drug-likeness (QED) is 0.628. The van der Waals surface area contributed by atoms with E-state index in [1.807, 2.05) is 24.3 Å². The molecule has 0 unspecified atom stereocenters. The van der Waals surface area contributed by atoms with Gasteiger partial charge < -0.3 is 9.97 Å². The van der Waals surface area contributed by atoms with Gasteiger partial charge in [-0.15, -0.1) is 0 Å². The van der Waals surface area contributed by atoms with Gasteiger partial charge in [0.15, 0.2) is 0 Å². The van der Waals surface area contributed by atoms with Gasteiger partial charge in [0.05, 0.1) is 11.5 Å². The van der Waals surface area contributed by atoms with Crippen LogP contribution in [-0.4, -0.2) is 9.97 Å². The molecule has 0 saturated carbocycles. The van der Waals surface area contributed by atoms with Gasteiger partial charge in [-0.05, 0) is 42.0 Å². The number of aromatic amines is 2. The highest BCUT2D eigenvalue weighted by Crippen LogP contribution is 2.38. The molecule has 0 aliphatic carbocycles. The van der Waals surface area contributed by atoms with Gasteiger partial charge in [0.2, 0.25) is 0 Å². The summed E-state index contributed by atoms with van der Waals surface area (Å²) in [5.74, 6) is -0.177. The second kappa shape index (κ2) is 5.68. The number of H-pyrrole nitrogens is 2. The van der Waals surface area contributed by atoms with Crippen LogP contribution in [0, 0.1) is 0 Å². The first-order valence-corrected chi connectivity index (χ1v) is 7.39. The maximum Gasteiger partial charge on any atom is 0.417 e. The largest absolute Gasteiger partial charge is 0.417 e. The fourth-order valence-electron chi connectivity index (χ4n) is 2.52. The van der Waals surface area contributed by atoms with E-state index in [4.69, 9.17) is 0 Å². The molecular formula is C16H12BrF3N2. The summed E-state index contributed by atoms with van der Waals surface area (Å²) >= 11 is 3.04. The van der Waals surface area contributed by atoms with Gasteiger partial charge in [-0.2, -0.15) is 13.2 Å². The Morgan fingerprint density at radius 2 is 1.50 bits per heavy atom.